The minimum absolute atomic E-state index is 0.0812. The molecule has 0 saturated carbocycles. The van der Waals surface area contributed by atoms with E-state index in [-0.39, 0.29) is 11.8 Å². The van der Waals surface area contributed by atoms with Crippen molar-refractivity contribution >= 4 is 34.7 Å². The second kappa shape index (κ2) is 5.53. The Bertz CT molecular complexity index is 718. The van der Waals surface area contributed by atoms with Crippen LogP contribution in [-0.2, 0) is 11.2 Å². The Morgan fingerprint density at radius 1 is 1.48 bits per heavy atom. The summed E-state index contributed by atoms with van der Waals surface area (Å²) in [4.78, 5) is 21.6. The van der Waals surface area contributed by atoms with Crippen molar-refractivity contribution in [2.24, 2.45) is 4.99 Å². The van der Waals surface area contributed by atoms with Crippen molar-refractivity contribution in [2.45, 2.75) is 25.2 Å². The number of carbonyl (C=O) groups excluding carboxylic acids is 1. The monoisotopic (exact) mass is 303 g/mol. The molecule has 1 amide bonds. The van der Waals surface area contributed by atoms with Gasteiger partial charge in [-0.1, -0.05) is 11.6 Å². The minimum Gasteiger partial charge on any atom is -0.369 e. The van der Waals surface area contributed by atoms with Gasteiger partial charge in [0.2, 0.25) is 0 Å². The third-order valence-electron chi connectivity index (χ3n) is 3.88. The highest BCUT2D eigenvalue weighted by Crippen LogP contribution is 2.37. The van der Waals surface area contributed by atoms with Crippen LogP contribution in [0.5, 0.6) is 0 Å². The standard InChI is InChI=1S/C16H18ClN3O/c1-20(2)9-18-16(21)12-5-3-4-11-13-8-10(17)6-7-14(13)19-15(11)12/h6-9,12,19H,3-5H2,1-2H3. The molecule has 1 aliphatic carbocycles. The number of nitrogens with zero attached hydrogens (tertiary/aromatic N) is 2. The van der Waals surface area contributed by atoms with Gasteiger partial charge in [-0.05, 0) is 43.0 Å². The highest BCUT2D eigenvalue weighted by atomic mass is 35.5. The fourth-order valence-corrected chi connectivity index (χ4v) is 3.12. The molecule has 2 aromatic rings. The number of nitrogens with one attached hydrogen (secondary N) is 1. The number of aryl methyl sites for hydroxylation is 1. The largest absolute Gasteiger partial charge is 0.369 e. The lowest BCUT2D eigenvalue weighted by Gasteiger charge is -2.19. The molecule has 0 aliphatic heterocycles. The van der Waals surface area contributed by atoms with Crippen LogP contribution >= 0.6 is 11.6 Å². The number of halogens is 1. The molecule has 1 N–H and O–H groups in total. The number of aliphatic imine (C=N–C) groups is 1. The van der Waals surface area contributed by atoms with Crippen molar-refractivity contribution in [2.75, 3.05) is 14.1 Å². The SMILES string of the molecule is CN(C)C=NC(=O)C1CCCc2c1[nH]c1ccc(Cl)cc21. The lowest BCUT2D eigenvalue weighted by atomic mass is 9.86. The van der Waals surface area contributed by atoms with Crippen molar-refractivity contribution in [1.82, 2.24) is 9.88 Å². The number of fused-ring (bicyclic) bond motifs is 3. The van der Waals surface area contributed by atoms with Gasteiger partial charge < -0.3 is 9.88 Å². The minimum atomic E-state index is -0.170. The first kappa shape index (κ1) is 14.1. The summed E-state index contributed by atoms with van der Waals surface area (Å²) in [7, 11) is 3.71. The van der Waals surface area contributed by atoms with Crippen LogP contribution in [0.25, 0.3) is 10.9 Å². The van der Waals surface area contributed by atoms with Crippen LogP contribution in [0.3, 0.4) is 0 Å². The maximum absolute atomic E-state index is 12.3. The van der Waals surface area contributed by atoms with E-state index < -0.39 is 0 Å². The number of aromatic nitrogens is 1. The van der Waals surface area contributed by atoms with Gasteiger partial charge >= 0.3 is 0 Å². The van der Waals surface area contributed by atoms with Crippen molar-refractivity contribution in [3.63, 3.8) is 0 Å². The average Bonchev–Trinajstić information content (AvgIpc) is 2.82. The molecule has 0 radical (unpaired) electrons. The Kier molecular flexibility index (Phi) is 3.72. The Labute approximate surface area is 128 Å². The van der Waals surface area contributed by atoms with E-state index in [0.717, 1.165) is 40.9 Å². The first-order valence-electron chi connectivity index (χ1n) is 7.10. The average molecular weight is 304 g/mol. The molecule has 0 saturated heterocycles. The summed E-state index contributed by atoms with van der Waals surface area (Å²) in [6, 6.07) is 5.82. The first-order valence-corrected chi connectivity index (χ1v) is 7.48. The van der Waals surface area contributed by atoms with Gasteiger partial charge in [0.05, 0.1) is 12.3 Å². The summed E-state index contributed by atoms with van der Waals surface area (Å²) in [5, 5.41) is 1.86. The van der Waals surface area contributed by atoms with Crippen LogP contribution in [0, 0.1) is 0 Å². The summed E-state index contributed by atoms with van der Waals surface area (Å²) in [5.41, 5.74) is 3.28. The highest BCUT2D eigenvalue weighted by Gasteiger charge is 2.29. The molecule has 1 unspecified atom stereocenters. The maximum atomic E-state index is 12.3. The molecule has 0 spiro atoms. The zero-order valence-electron chi connectivity index (χ0n) is 12.2. The topological polar surface area (TPSA) is 48.5 Å². The Balaban J connectivity index is 2.02. The second-order valence-corrected chi connectivity index (χ2v) is 6.13. The third kappa shape index (κ3) is 2.68. The molecule has 0 fully saturated rings. The molecular formula is C16H18ClN3O. The summed E-state index contributed by atoms with van der Waals surface area (Å²) in [6.07, 6.45) is 4.39. The van der Waals surface area contributed by atoms with E-state index >= 15 is 0 Å². The third-order valence-corrected chi connectivity index (χ3v) is 4.12. The Morgan fingerprint density at radius 3 is 3.05 bits per heavy atom. The zero-order chi connectivity index (χ0) is 15.0. The van der Waals surface area contributed by atoms with Crippen molar-refractivity contribution in [3.05, 3.63) is 34.5 Å². The highest BCUT2D eigenvalue weighted by molar-refractivity contribution is 6.31. The molecule has 0 bridgehead atoms. The first-order chi connectivity index (χ1) is 10.1. The molecule has 1 aliphatic rings. The molecule has 4 nitrogen and oxygen atoms in total. The fraction of sp³-hybridized carbons (Fsp3) is 0.375. The van der Waals surface area contributed by atoms with Gasteiger partial charge in [0.25, 0.3) is 5.91 Å². The summed E-state index contributed by atoms with van der Waals surface area (Å²) < 4.78 is 0. The van der Waals surface area contributed by atoms with E-state index in [9.17, 15) is 4.79 Å². The van der Waals surface area contributed by atoms with E-state index in [1.807, 2.05) is 32.3 Å². The number of hydrogen-bond donors (Lipinski definition) is 1. The van der Waals surface area contributed by atoms with Crippen LogP contribution in [0.4, 0.5) is 0 Å². The number of amides is 1. The molecule has 3 rings (SSSR count). The predicted octanol–water partition coefficient (Wildman–Crippen LogP) is 3.36. The van der Waals surface area contributed by atoms with Crippen LogP contribution in [-0.4, -0.2) is 36.2 Å². The summed E-state index contributed by atoms with van der Waals surface area (Å²) in [5.74, 6) is -0.251. The van der Waals surface area contributed by atoms with Gasteiger partial charge in [-0.25, -0.2) is 4.99 Å². The second-order valence-electron chi connectivity index (χ2n) is 5.70. The van der Waals surface area contributed by atoms with E-state index in [0.29, 0.717) is 0 Å². The molecule has 1 atom stereocenters. The van der Waals surface area contributed by atoms with E-state index in [1.165, 1.54) is 5.56 Å². The smallest absolute Gasteiger partial charge is 0.256 e. The van der Waals surface area contributed by atoms with Gasteiger partial charge in [-0.3, -0.25) is 4.79 Å². The predicted molar refractivity (Wildman–Crippen MR) is 86.2 cm³/mol. The maximum Gasteiger partial charge on any atom is 0.256 e. The van der Waals surface area contributed by atoms with Gasteiger partial charge in [-0.15, -0.1) is 0 Å². The van der Waals surface area contributed by atoms with Crippen molar-refractivity contribution < 1.29 is 4.79 Å². The van der Waals surface area contributed by atoms with Gasteiger partial charge in [0, 0.05) is 35.7 Å². The molecule has 110 valence electrons. The lowest BCUT2D eigenvalue weighted by molar-refractivity contribution is -0.119. The molecule has 1 aromatic heterocycles. The summed E-state index contributed by atoms with van der Waals surface area (Å²) in [6.45, 7) is 0. The number of benzene rings is 1. The Hall–Kier alpha value is -1.81. The summed E-state index contributed by atoms with van der Waals surface area (Å²) >= 11 is 6.09. The van der Waals surface area contributed by atoms with Crippen LogP contribution in [0.15, 0.2) is 23.2 Å². The van der Waals surface area contributed by atoms with Crippen LogP contribution < -0.4 is 0 Å². The van der Waals surface area contributed by atoms with Crippen LogP contribution in [0.2, 0.25) is 5.02 Å². The zero-order valence-corrected chi connectivity index (χ0v) is 12.9. The Morgan fingerprint density at radius 2 is 2.29 bits per heavy atom. The van der Waals surface area contributed by atoms with Gasteiger partial charge in [0.1, 0.15) is 0 Å². The number of rotatable bonds is 2. The van der Waals surface area contributed by atoms with Crippen molar-refractivity contribution in [1.29, 1.82) is 0 Å². The fourth-order valence-electron chi connectivity index (χ4n) is 2.94. The van der Waals surface area contributed by atoms with E-state index in [2.05, 4.69) is 9.98 Å². The normalized spacial score (nSPS) is 18.1. The molecule has 5 heteroatoms. The van der Waals surface area contributed by atoms with Gasteiger partial charge in [0.15, 0.2) is 0 Å². The number of hydrogen-bond acceptors (Lipinski definition) is 1. The quantitative estimate of drug-likeness (QED) is 0.683. The number of carbonyl (C=O) groups is 1. The number of H-pyrrole nitrogens is 1. The number of aromatic amines is 1. The van der Waals surface area contributed by atoms with E-state index in [1.54, 1.807) is 11.2 Å². The lowest BCUT2D eigenvalue weighted by Crippen LogP contribution is -2.18. The molecule has 1 heterocycles. The van der Waals surface area contributed by atoms with Crippen molar-refractivity contribution in [3.8, 4) is 0 Å². The van der Waals surface area contributed by atoms with E-state index in [4.69, 9.17) is 11.6 Å². The van der Waals surface area contributed by atoms with Gasteiger partial charge in [-0.2, -0.15) is 0 Å². The molecule has 1 aromatic carbocycles. The molecule has 21 heavy (non-hydrogen) atoms. The molecular weight excluding hydrogens is 286 g/mol. The van der Waals surface area contributed by atoms with Crippen LogP contribution in [0.1, 0.15) is 30.0 Å².